The highest BCUT2D eigenvalue weighted by Crippen LogP contribution is 2.24. The number of fused-ring (bicyclic) bond motifs is 1. The molecule has 2 aromatic carbocycles. The van der Waals surface area contributed by atoms with Gasteiger partial charge in [0.15, 0.2) is 0 Å². The Morgan fingerprint density at radius 2 is 2.00 bits per heavy atom. The van der Waals surface area contributed by atoms with Crippen molar-refractivity contribution >= 4 is 22.5 Å². The van der Waals surface area contributed by atoms with Crippen LogP contribution in [0.3, 0.4) is 0 Å². The molecule has 0 amide bonds. The predicted octanol–water partition coefficient (Wildman–Crippen LogP) is 5.06. The Morgan fingerprint density at radius 3 is 2.81 bits per heavy atom. The molecule has 0 aliphatic carbocycles. The Balaban J connectivity index is 1.79. The van der Waals surface area contributed by atoms with Crippen molar-refractivity contribution in [2.75, 3.05) is 0 Å². The summed E-state index contributed by atoms with van der Waals surface area (Å²) in [5, 5.41) is 1.89. The number of rotatable bonds is 5. The average molecular weight is 298 g/mol. The minimum Gasteiger partial charge on any atom is -0.489 e. The van der Waals surface area contributed by atoms with E-state index in [1.807, 2.05) is 42.5 Å². The van der Waals surface area contributed by atoms with E-state index in [0.717, 1.165) is 28.3 Å². The van der Waals surface area contributed by atoms with E-state index in [0.29, 0.717) is 6.61 Å². The lowest BCUT2D eigenvalue weighted by Gasteiger charge is -2.08. The second kappa shape index (κ2) is 6.06. The first-order valence-electron chi connectivity index (χ1n) is 6.84. The molecule has 1 heterocycles. The molecule has 0 N–H and O–H groups in total. The summed E-state index contributed by atoms with van der Waals surface area (Å²) < 4.78 is 7.99. The number of hydrogen-bond acceptors (Lipinski definition) is 1. The van der Waals surface area contributed by atoms with Crippen LogP contribution in [0.4, 0.5) is 0 Å². The molecule has 106 valence electrons. The van der Waals surface area contributed by atoms with E-state index >= 15 is 0 Å². The van der Waals surface area contributed by atoms with Crippen LogP contribution in [0.15, 0.2) is 67.4 Å². The fraction of sp³-hybridized carbons (Fsp3) is 0.111. The van der Waals surface area contributed by atoms with Crippen LogP contribution in [0.5, 0.6) is 5.75 Å². The van der Waals surface area contributed by atoms with Gasteiger partial charge in [0.1, 0.15) is 12.4 Å². The summed E-state index contributed by atoms with van der Waals surface area (Å²) in [7, 11) is 0. The summed E-state index contributed by atoms with van der Waals surface area (Å²) in [5.41, 5.74) is 2.17. The zero-order valence-corrected chi connectivity index (χ0v) is 12.4. The van der Waals surface area contributed by atoms with Crippen molar-refractivity contribution in [3.63, 3.8) is 0 Å². The third-order valence-electron chi connectivity index (χ3n) is 3.42. The van der Waals surface area contributed by atoms with E-state index in [2.05, 4.69) is 29.5 Å². The standard InChI is InChI=1S/C18H16ClNO/c1-2-10-20-11-9-14-12-16(7-8-18(14)20)21-13-15-5-3-4-6-17(15)19/h2-9,11-12H,1,10,13H2. The number of allylic oxidation sites excluding steroid dienone is 1. The van der Waals surface area contributed by atoms with Gasteiger partial charge in [-0.05, 0) is 30.3 Å². The van der Waals surface area contributed by atoms with Crippen molar-refractivity contribution in [2.24, 2.45) is 0 Å². The van der Waals surface area contributed by atoms with E-state index in [-0.39, 0.29) is 0 Å². The largest absolute Gasteiger partial charge is 0.489 e. The summed E-state index contributed by atoms with van der Waals surface area (Å²) in [5.74, 6) is 0.846. The quantitative estimate of drug-likeness (QED) is 0.600. The molecule has 0 saturated carbocycles. The normalized spacial score (nSPS) is 10.7. The van der Waals surface area contributed by atoms with Gasteiger partial charge in [0.25, 0.3) is 0 Å². The topological polar surface area (TPSA) is 14.2 Å². The Kier molecular flexibility index (Phi) is 3.98. The lowest BCUT2D eigenvalue weighted by Crippen LogP contribution is -1.96. The van der Waals surface area contributed by atoms with E-state index in [9.17, 15) is 0 Å². The van der Waals surface area contributed by atoms with Gasteiger partial charge in [0.2, 0.25) is 0 Å². The number of aromatic nitrogens is 1. The van der Waals surface area contributed by atoms with Crippen molar-refractivity contribution in [1.82, 2.24) is 4.57 Å². The molecule has 0 radical (unpaired) electrons. The molecule has 0 bridgehead atoms. The lowest BCUT2D eigenvalue weighted by atomic mass is 10.2. The van der Waals surface area contributed by atoms with Crippen molar-refractivity contribution < 1.29 is 4.74 Å². The average Bonchev–Trinajstić information content (AvgIpc) is 2.89. The number of ether oxygens (including phenoxy) is 1. The Hall–Kier alpha value is -2.19. The Morgan fingerprint density at radius 1 is 1.14 bits per heavy atom. The monoisotopic (exact) mass is 297 g/mol. The molecule has 0 spiro atoms. The molecule has 3 heteroatoms. The van der Waals surface area contributed by atoms with Gasteiger partial charge >= 0.3 is 0 Å². The van der Waals surface area contributed by atoms with Crippen molar-refractivity contribution in [3.05, 3.63) is 78.0 Å². The van der Waals surface area contributed by atoms with Gasteiger partial charge in [-0.15, -0.1) is 6.58 Å². The molecule has 2 nitrogen and oxygen atoms in total. The zero-order chi connectivity index (χ0) is 14.7. The first-order chi connectivity index (χ1) is 10.3. The molecule has 0 fully saturated rings. The molecule has 21 heavy (non-hydrogen) atoms. The van der Waals surface area contributed by atoms with Crippen LogP contribution in [-0.2, 0) is 13.2 Å². The summed E-state index contributed by atoms with van der Waals surface area (Å²) in [4.78, 5) is 0. The fourth-order valence-electron chi connectivity index (χ4n) is 2.34. The first-order valence-corrected chi connectivity index (χ1v) is 7.22. The van der Waals surface area contributed by atoms with Gasteiger partial charge in [-0.25, -0.2) is 0 Å². The molecule has 0 unspecified atom stereocenters. The zero-order valence-electron chi connectivity index (χ0n) is 11.6. The van der Waals surface area contributed by atoms with E-state index in [1.165, 1.54) is 5.52 Å². The van der Waals surface area contributed by atoms with E-state index in [4.69, 9.17) is 16.3 Å². The lowest BCUT2D eigenvalue weighted by molar-refractivity contribution is 0.307. The maximum atomic E-state index is 6.13. The van der Waals surface area contributed by atoms with Gasteiger partial charge in [0, 0.05) is 34.2 Å². The number of nitrogens with zero attached hydrogens (tertiary/aromatic N) is 1. The molecule has 0 saturated heterocycles. The molecule has 3 rings (SSSR count). The minimum absolute atomic E-state index is 0.471. The van der Waals surface area contributed by atoms with E-state index in [1.54, 1.807) is 0 Å². The smallest absolute Gasteiger partial charge is 0.120 e. The van der Waals surface area contributed by atoms with Crippen LogP contribution in [0.1, 0.15) is 5.56 Å². The molecule has 3 aromatic rings. The van der Waals surface area contributed by atoms with Crippen LogP contribution in [0.2, 0.25) is 5.02 Å². The summed E-state index contributed by atoms with van der Waals surface area (Å²) >= 11 is 6.13. The van der Waals surface area contributed by atoms with Gasteiger partial charge < -0.3 is 9.30 Å². The predicted molar refractivity (Wildman–Crippen MR) is 87.9 cm³/mol. The summed E-state index contributed by atoms with van der Waals surface area (Å²) in [6.45, 7) is 5.05. The van der Waals surface area contributed by atoms with Gasteiger partial charge in [0.05, 0.1) is 0 Å². The van der Waals surface area contributed by atoms with Crippen LogP contribution in [0.25, 0.3) is 10.9 Å². The number of benzene rings is 2. The molecule has 1 aromatic heterocycles. The molecular weight excluding hydrogens is 282 g/mol. The third-order valence-corrected chi connectivity index (χ3v) is 3.79. The summed E-state index contributed by atoms with van der Waals surface area (Å²) in [6, 6.07) is 15.9. The van der Waals surface area contributed by atoms with Gasteiger partial charge in [-0.1, -0.05) is 35.9 Å². The molecular formula is C18H16ClNO. The molecule has 0 atom stereocenters. The Labute approximate surface area is 129 Å². The number of hydrogen-bond donors (Lipinski definition) is 0. The van der Waals surface area contributed by atoms with E-state index < -0.39 is 0 Å². The van der Waals surface area contributed by atoms with Crippen molar-refractivity contribution in [2.45, 2.75) is 13.2 Å². The van der Waals surface area contributed by atoms with Crippen LogP contribution >= 0.6 is 11.6 Å². The highest BCUT2D eigenvalue weighted by Gasteiger charge is 2.04. The van der Waals surface area contributed by atoms with Crippen LogP contribution < -0.4 is 4.74 Å². The van der Waals surface area contributed by atoms with Crippen LogP contribution in [0, 0.1) is 0 Å². The highest BCUT2D eigenvalue weighted by molar-refractivity contribution is 6.31. The van der Waals surface area contributed by atoms with Crippen LogP contribution in [-0.4, -0.2) is 4.57 Å². The third kappa shape index (κ3) is 2.96. The SMILES string of the molecule is C=CCn1ccc2cc(OCc3ccccc3Cl)ccc21. The van der Waals surface area contributed by atoms with Crippen molar-refractivity contribution in [1.29, 1.82) is 0 Å². The fourth-order valence-corrected chi connectivity index (χ4v) is 2.53. The maximum Gasteiger partial charge on any atom is 0.120 e. The number of halogens is 1. The second-order valence-corrected chi connectivity index (χ2v) is 5.26. The van der Waals surface area contributed by atoms with Crippen molar-refractivity contribution in [3.8, 4) is 5.75 Å². The maximum absolute atomic E-state index is 6.13. The molecule has 0 aliphatic rings. The van der Waals surface area contributed by atoms with Gasteiger partial charge in [-0.3, -0.25) is 0 Å². The second-order valence-electron chi connectivity index (χ2n) is 4.86. The molecule has 0 aliphatic heterocycles. The van der Waals surface area contributed by atoms with Gasteiger partial charge in [-0.2, -0.15) is 0 Å². The minimum atomic E-state index is 0.471. The Bertz CT molecular complexity index is 776. The first kappa shape index (κ1) is 13.8. The highest BCUT2D eigenvalue weighted by atomic mass is 35.5. The summed E-state index contributed by atoms with van der Waals surface area (Å²) in [6.07, 6.45) is 3.95.